The van der Waals surface area contributed by atoms with Gasteiger partial charge in [-0.25, -0.2) is 9.97 Å². The first-order chi connectivity index (χ1) is 13.7. The molecule has 4 rings (SSSR count). The third kappa shape index (κ3) is 3.93. The maximum atomic E-state index is 12.3. The highest BCUT2D eigenvalue weighted by Crippen LogP contribution is 2.25. The summed E-state index contributed by atoms with van der Waals surface area (Å²) in [5.41, 5.74) is 4.90. The Morgan fingerprint density at radius 2 is 1.93 bits per heavy atom. The van der Waals surface area contributed by atoms with E-state index in [2.05, 4.69) is 27.4 Å². The van der Waals surface area contributed by atoms with Gasteiger partial charge in [-0.15, -0.1) is 0 Å². The van der Waals surface area contributed by atoms with Crippen molar-refractivity contribution in [2.45, 2.75) is 26.2 Å². The van der Waals surface area contributed by atoms with Gasteiger partial charge in [-0.3, -0.25) is 9.20 Å². The van der Waals surface area contributed by atoms with E-state index in [9.17, 15) is 4.79 Å². The lowest BCUT2D eigenvalue weighted by Gasteiger charge is -2.07. The lowest BCUT2D eigenvalue weighted by molar-refractivity contribution is -0.116. The summed E-state index contributed by atoms with van der Waals surface area (Å²) in [6.45, 7) is 2.02. The van der Waals surface area contributed by atoms with Crippen molar-refractivity contribution in [3.05, 3.63) is 84.3 Å². The Morgan fingerprint density at radius 1 is 1.07 bits per heavy atom. The molecule has 1 N–H and O–H groups in total. The number of nitrogens with one attached hydrogen (secondary N) is 1. The van der Waals surface area contributed by atoms with Gasteiger partial charge in [-0.2, -0.15) is 0 Å². The van der Waals surface area contributed by atoms with Gasteiger partial charge in [0.1, 0.15) is 0 Å². The predicted octanol–water partition coefficient (Wildman–Crippen LogP) is 4.67. The van der Waals surface area contributed by atoms with E-state index in [-0.39, 0.29) is 5.91 Å². The van der Waals surface area contributed by atoms with Crippen LogP contribution < -0.4 is 5.32 Å². The van der Waals surface area contributed by atoms with Crippen LogP contribution in [-0.4, -0.2) is 20.3 Å². The second kappa shape index (κ2) is 8.05. The van der Waals surface area contributed by atoms with Crippen LogP contribution in [0.5, 0.6) is 0 Å². The van der Waals surface area contributed by atoms with Crippen LogP contribution >= 0.6 is 0 Å². The van der Waals surface area contributed by atoms with Crippen molar-refractivity contribution in [1.29, 1.82) is 0 Å². The number of aryl methyl sites for hydroxylation is 2. The number of rotatable bonds is 6. The number of hydrogen-bond donors (Lipinski definition) is 1. The molecule has 0 bridgehead atoms. The van der Waals surface area contributed by atoms with Crippen molar-refractivity contribution in [2.24, 2.45) is 0 Å². The number of anilines is 1. The number of amides is 1. The van der Waals surface area contributed by atoms with Crippen LogP contribution in [-0.2, 0) is 11.2 Å². The van der Waals surface area contributed by atoms with Gasteiger partial charge >= 0.3 is 0 Å². The number of fused-ring (bicyclic) bond motifs is 1. The van der Waals surface area contributed by atoms with E-state index < -0.39 is 0 Å². The molecule has 28 heavy (non-hydrogen) atoms. The molecule has 2 aromatic carbocycles. The first kappa shape index (κ1) is 17.9. The molecule has 0 spiro atoms. The molecule has 0 saturated carbocycles. The molecule has 2 aromatic heterocycles. The summed E-state index contributed by atoms with van der Waals surface area (Å²) in [6.07, 6.45) is 5.91. The Balaban J connectivity index is 1.43. The van der Waals surface area contributed by atoms with Gasteiger partial charge in [-0.1, -0.05) is 42.5 Å². The summed E-state index contributed by atoms with van der Waals surface area (Å²) in [5, 5.41) is 3.00. The highest BCUT2D eigenvalue weighted by molar-refractivity contribution is 5.91. The molecular formula is C23H22N4O. The molecule has 0 saturated heterocycles. The second-order valence-electron chi connectivity index (χ2n) is 6.80. The summed E-state index contributed by atoms with van der Waals surface area (Å²) >= 11 is 0. The van der Waals surface area contributed by atoms with Crippen LogP contribution in [0.1, 0.15) is 24.1 Å². The number of carbonyl (C=O) groups is 1. The van der Waals surface area contributed by atoms with E-state index in [0.29, 0.717) is 12.2 Å². The van der Waals surface area contributed by atoms with Crippen LogP contribution in [0.4, 0.5) is 5.69 Å². The smallest absolute Gasteiger partial charge is 0.234 e. The molecule has 5 nitrogen and oxygen atoms in total. The number of nitrogens with zero attached hydrogens (tertiary/aromatic N) is 3. The minimum Gasteiger partial charge on any atom is -0.326 e. The van der Waals surface area contributed by atoms with Gasteiger partial charge in [0.15, 0.2) is 0 Å². The highest BCUT2D eigenvalue weighted by atomic mass is 16.1. The summed E-state index contributed by atoms with van der Waals surface area (Å²) in [6, 6.07) is 19.9. The fourth-order valence-electron chi connectivity index (χ4n) is 3.34. The predicted molar refractivity (Wildman–Crippen MR) is 111 cm³/mol. The van der Waals surface area contributed by atoms with Gasteiger partial charge in [0.25, 0.3) is 0 Å². The summed E-state index contributed by atoms with van der Waals surface area (Å²) in [4.78, 5) is 21.2. The van der Waals surface area contributed by atoms with E-state index in [1.807, 2.05) is 66.1 Å². The first-order valence-electron chi connectivity index (χ1n) is 9.44. The molecule has 4 aromatic rings. The van der Waals surface area contributed by atoms with E-state index >= 15 is 0 Å². The minimum absolute atomic E-state index is 0.0291. The van der Waals surface area contributed by atoms with Crippen molar-refractivity contribution in [2.75, 3.05) is 5.32 Å². The number of imidazole rings is 1. The molecule has 140 valence electrons. The van der Waals surface area contributed by atoms with E-state index in [1.54, 1.807) is 6.20 Å². The number of aromatic nitrogens is 3. The highest BCUT2D eigenvalue weighted by Gasteiger charge is 2.12. The van der Waals surface area contributed by atoms with Crippen molar-refractivity contribution in [3.8, 4) is 11.3 Å². The van der Waals surface area contributed by atoms with Crippen molar-refractivity contribution in [3.63, 3.8) is 0 Å². The van der Waals surface area contributed by atoms with Crippen molar-refractivity contribution in [1.82, 2.24) is 14.4 Å². The molecule has 0 fully saturated rings. The third-order valence-corrected chi connectivity index (χ3v) is 4.77. The normalized spacial score (nSPS) is 10.9. The number of benzene rings is 2. The average Bonchev–Trinajstić information content (AvgIpc) is 3.06. The fraction of sp³-hybridized carbons (Fsp3) is 0.174. The molecule has 0 radical (unpaired) electrons. The Morgan fingerprint density at radius 3 is 2.75 bits per heavy atom. The topological polar surface area (TPSA) is 59.3 Å². The monoisotopic (exact) mass is 370 g/mol. The molecule has 2 heterocycles. The quantitative estimate of drug-likeness (QED) is 0.537. The lowest BCUT2D eigenvalue weighted by atomic mass is 10.1. The molecule has 0 atom stereocenters. The Hall–Kier alpha value is -3.47. The van der Waals surface area contributed by atoms with Crippen LogP contribution in [0.3, 0.4) is 0 Å². The van der Waals surface area contributed by atoms with E-state index in [4.69, 9.17) is 0 Å². The number of carbonyl (C=O) groups excluding carboxylic acids is 1. The maximum Gasteiger partial charge on any atom is 0.234 e. The Labute approximate surface area is 164 Å². The van der Waals surface area contributed by atoms with E-state index in [1.165, 1.54) is 5.56 Å². The molecule has 0 aliphatic heterocycles. The standard InChI is InChI=1S/C23H22N4O/c1-17-22(26-23-24-14-7-15-27(17)23)19-11-6-12-20(16-19)25-21(28)13-5-10-18-8-3-2-4-9-18/h2-4,6-9,11-12,14-16H,5,10,13H2,1H3,(H,25,28). The SMILES string of the molecule is Cc1c(-c2cccc(NC(=O)CCCc3ccccc3)c2)nc2ncccn12. The number of hydrogen-bond acceptors (Lipinski definition) is 3. The van der Waals surface area contributed by atoms with Gasteiger partial charge in [0, 0.05) is 35.8 Å². The molecular weight excluding hydrogens is 348 g/mol. The maximum absolute atomic E-state index is 12.3. The summed E-state index contributed by atoms with van der Waals surface area (Å²) in [5.74, 6) is 0.701. The molecule has 1 amide bonds. The second-order valence-corrected chi connectivity index (χ2v) is 6.80. The minimum atomic E-state index is 0.0291. The van der Waals surface area contributed by atoms with Gasteiger partial charge in [0.2, 0.25) is 11.7 Å². The molecule has 0 aliphatic rings. The summed E-state index contributed by atoms with van der Waals surface area (Å²) in [7, 11) is 0. The molecule has 0 unspecified atom stereocenters. The largest absolute Gasteiger partial charge is 0.326 e. The van der Waals surface area contributed by atoms with Crippen LogP contribution in [0.15, 0.2) is 73.1 Å². The van der Waals surface area contributed by atoms with Crippen LogP contribution in [0, 0.1) is 6.92 Å². The van der Waals surface area contributed by atoms with Gasteiger partial charge < -0.3 is 5.32 Å². The molecule has 0 aliphatic carbocycles. The zero-order valence-electron chi connectivity index (χ0n) is 15.8. The van der Waals surface area contributed by atoms with Crippen LogP contribution in [0.2, 0.25) is 0 Å². The average molecular weight is 370 g/mol. The fourth-order valence-corrected chi connectivity index (χ4v) is 3.34. The van der Waals surface area contributed by atoms with Crippen molar-refractivity contribution < 1.29 is 4.79 Å². The Bertz CT molecular complexity index is 1100. The zero-order valence-corrected chi connectivity index (χ0v) is 15.8. The first-order valence-corrected chi connectivity index (χ1v) is 9.44. The van der Waals surface area contributed by atoms with Gasteiger partial charge in [0.05, 0.1) is 5.69 Å². The molecule has 5 heteroatoms. The van der Waals surface area contributed by atoms with Gasteiger partial charge in [-0.05, 0) is 43.5 Å². The lowest BCUT2D eigenvalue weighted by Crippen LogP contribution is -2.11. The third-order valence-electron chi connectivity index (χ3n) is 4.77. The van der Waals surface area contributed by atoms with E-state index in [0.717, 1.165) is 35.5 Å². The zero-order chi connectivity index (χ0) is 19.3. The summed E-state index contributed by atoms with van der Waals surface area (Å²) < 4.78 is 1.96. The van der Waals surface area contributed by atoms with Crippen LogP contribution in [0.25, 0.3) is 17.0 Å². The van der Waals surface area contributed by atoms with Crippen molar-refractivity contribution >= 4 is 17.4 Å². The Kier molecular flexibility index (Phi) is 5.15.